The molecule has 0 amide bonds. The standard InChI is InChI=1S/C17H15NO2/c19-13-7-5-12(6-8-13)11-17(20)15-9-10-18-16-4-2-1-3-14(15)16/h1-10,17,19-20H,11H2. The molecular weight excluding hydrogens is 250 g/mol. The molecule has 3 heteroatoms. The molecule has 20 heavy (non-hydrogen) atoms. The van der Waals surface area contributed by atoms with Crippen LogP contribution in [0, 0.1) is 0 Å². The lowest BCUT2D eigenvalue weighted by molar-refractivity contribution is 0.180. The first-order valence-corrected chi connectivity index (χ1v) is 6.53. The van der Waals surface area contributed by atoms with Gasteiger partial charge in [0, 0.05) is 18.0 Å². The highest BCUT2D eigenvalue weighted by molar-refractivity contribution is 5.82. The summed E-state index contributed by atoms with van der Waals surface area (Å²) in [4.78, 5) is 4.30. The quantitative estimate of drug-likeness (QED) is 0.764. The van der Waals surface area contributed by atoms with E-state index < -0.39 is 6.10 Å². The molecule has 0 saturated heterocycles. The largest absolute Gasteiger partial charge is 0.508 e. The van der Waals surface area contributed by atoms with Crippen LogP contribution in [0.15, 0.2) is 60.8 Å². The Hall–Kier alpha value is -2.39. The second-order valence-corrected chi connectivity index (χ2v) is 4.80. The predicted octanol–water partition coefficient (Wildman–Crippen LogP) is 3.22. The lowest BCUT2D eigenvalue weighted by Gasteiger charge is -2.13. The number of aromatic hydroxyl groups is 1. The molecule has 0 fully saturated rings. The fraction of sp³-hybridized carbons (Fsp3) is 0.118. The summed E-state index contributed by atoms with van der Waals surface area (Å²) in [6.07, 6.45) is 1.64. The Balaban J connectivity index is 1.92. The van der Waals surface area contributed by atoms with Crippen LogP contribution >= 0.6 is 0 Å². The zero-order chi connectivity index (χ0) is 13.9. The van der Waals surface area contributed by atoms with Crippen molar-refractivity contribution in [2.24, 2.45) is 0 Å². The van der Waals surface area contributed by atoms with Crippen LogP contribution in [0.3, 0.4) is 0 Å². The van der Waals surface area contributed by atoms with E-state index in [4.69, 9.17) is 0 Å². The van der Waals surface area contributed by atoms with Gasteiger partial charge in [0.25, 0.3) is 0 Å². The van der Waals surface area contributed by atoms with Gasteiger partial charge in [-0.25, -0.2) is 0 Å². The van der Waals surface area contributed by atoms with E-state index in [1.807, 2.05) is 42.5 Å². The molecule has 2 aromatic carbocycles. The third-order valence-corrected chi connectivity index (χ3v) is 3.41. The average molecular weight is 265 g/mol. The van der Waals surface area contributed by atoms with Crippen LogP contribution < -0.4 is 0 Å². The Morgan fingerprint density at radius 2 is 1.70 bits per heavy atom. The molecule has 0 spiro atoms. The van der Waals surface area contributed by atoms with E-state index in [2.05, 4.69) is 4.98 Å². The Labute approximate surface area is 117 Å². The van der Waals surface area contributed by atoms with Crippen LogP contribution in [-0.4, -0.2) is 15.2 Å². The van der Waals surface area contributed by atoms with Gasteiger partial charge >= 0.3 is 0 Å². The molecule has 3 rings (SSSR count). The van der Waals surface area contributed by atoms with Gasteiger partial charge in [-0.2, -0.15) is 0 Å². The number of pyridine rings is 1. The summed E-state index contributed by atoms with van der Waals surface area (Å²) in [5.41, 5.74) is 2.75. The number of phenolic OH excluding ortho intramolecular Hbond substituents is 1. The zero-order valence-electron chi connectivity index (χ0n) is 10.9. The number of aliphatic hydroxyl groups excluding tert-OH is 1. The van der Waals surface area contributed by atoms with Crippen molar-refractivity contribution in [1.82, 2.24) is 4.98 Å². The molecule has 1 aromatic heterocycles. The number of fused-ring (bicyclic) bond motifs is 1. The van der Waals surface area contributed by atoms with Gasteiger partial charge in [0.15, 0.2) is 0 Å². The first-order valence-electron chi connectivity index (χ1n) is 6.53. The first kappa shape index (κ1) is 12.6. The number of aliphatic hydroxyl groups is 1. The first-order chi connectivity index (χ1) is 9.74. The Bertz CT molecular complexity index is 717. The highest BCUT2D eigenvalue weighted by Crippen LogP contribution is 2.25. The van der Waals surface area contributed by atoms with Gasteiger partial charge in [0.2, 0.25) is 0 Å². The van der Waals surface area contributed by atoms with Crippen LogP contribution in [-0.2, 0) is 6.42 Å². The number of hydrogen-bond donors (Lipinski definition) is 2. The third-order valence-electron chi connectivity index (χ3n) is 3.41. The van der Waals surface area contributed by atoms with Crippen LogP contribution in [0.1, 0.15) is 17.2 Å². The van der Waals surface area contributed by atoms with E-state index in [-0.39, 0.29) is 5.75 Å². The number of hydrogen-bond acceptors (Lipinski definition) is 3. The molecule has 1 heterocycles. The predicted molar refractivity (Wildman–Crippen MR) is 78.5 cm³/mol. The number of para-hydroxylation sites is 1. The third kappa shape index (κ3) is 2.49. The van der Waals surface area contributed by atoms with Gasteiger partial charge in [-0.1, -0.05) is 30.3 Å². The van der Waals surface area contributed by atoms with Crippen molar-refractivity contribution in [3.05, 3.63) is 71.9 Å². The van der Waals surface area contributed by atoms with Gasteiger partial charge < -0.3 is 10.2 Å². The minimum atomic E-state index is -0.590. The van der Waals surface area contributed by atoms with E-state index in [9.17, 15) is 10.2 Å². The van der Waals surface area contributed by atoms with Gasteiger partial charge in [-0.3, -0.25) is 4.98 Å². The molecule has 0 bridgehead atoms. The maximum Gasteiger partial charge on any atom is 0.115 e. The summed E-state index contributed by atoms with van der Waals surface area (Å²) in [5.74, 6) is 0.234. The van der Waals surface area contributed by atoms with E-state index >= 15 is 0 Å². The molecule has 0 radical (unpaired) electrons. The Morgan fingerprint density at radius 3 is 2.50 bits per heavy atom. The van der Waals surface area contributed by atoms with Gasteiger partial charge in [0.1, 0.15) is 5.75 Å². The number of rotatable bonds is 3. The van der Waals surface area contributed by atoms with Gasteiger partial charge in [-0.05, 0) is 35.4 Å². The van der Waals surface area contributed by atoms with Crippen LogP contribution in [0.25, 0.3) is 10.9 Å². The van der Waals surface area contributed by atoms with Crippen molar-refractivity contribution < 1.29 is 10.2 Å². The van der Waals surface area contributed by atoms with Crippen molar-refractivity contribution in [3.8, 4) is 5.75 Å². The Morgan fingerprint density at radius 1 is 0.950 bits per heavy atom. The summed E-state index contributed by atoms with van der Waals surface area (Å²) in [7, 11) is 0. The lowest BCUT2D eigenvalue weighted by atomic mass is 9.98. The van der Waals surface area contributed by atoms with Crippen LogP contribution in [0.2, 0.25) is 0 Å². The second kappa shape index (κ2) is 5.31. The molecule has 0 aliphatic heterocycles. The molecule has 1 atom stereocenters. The molecule has 0 aliphatic carbocycles. The minimum absolute atomic E-state index is 0.234. The molecule has 100 valence electrons. The Kier molecular flexibility index (Phi) is 3.35. The summed E-state index contributed by atoms with van der Waals surface area (Å²) in [5, 5.41) is 20.7. The fourth-order valence-electron chi connectivity index (χ4n) is 2.37. The van der Waals surface area contributed by atoms with Crippen molar-refractivity contribution in [2.75, 3.05) is 0 Å². The highest BCUT2D eigenvalue weighted by Gasteiger charge is 2.12. The molecule has 0 saturated carbocycles. The molecule has 1 unspecified atom stereocenters. The number of nitrogens with zero attached hydrogens (tertiary/aromatic N) is 1. The SMILES string of the molecule is Oc1ccc(CC(O)c2ccnc3ccccc23)cc1. The number of aromatic nitrogens is 1. The van der Waals surface area contributed by atoms with E-state index in [0.717, 1.165) is 22.0 Å². The van der Waals surface area contributed by atoms with E-state index in [1.165, 1.54) is 0 Å². The highest BCUT2D eigenvalue weighted by atomic mass is 16.3. The molecule has 0 aliphatic rings. The average Bonchev–Trinajstić information content (AvgIpc) is 2.49. The maximum absolute atomic E-state index is 10.5. The van der Waals surface area contributed by atoms with Crippen molar-refractivity contribution in [1.29, 1.82) is 0 Å². The number of benzene rings is 2. The minimum Gasteiger partial charge on any atom is -0.508 e. The molecule has 3 aromatic rings. The maximum atomic E-state index is 10.5. The monoisotopic (exact) mass is 265 g/mol. The van der Waals surface area contributed by atoms with Crippen LogP contribution in [0.4, 0.5) is 0 Å². The summed E-state index contributed by atoms with van der Waals surface area (Å²) in [6.45, 7) is 0. The van der Waals surface area contributed by atoms with Crippen molar-refractivity contribution in [3.63, 3.8) is 0 Å². The smallest absolute Gasteiger partial charge is 0.115 e. The normalized spacial score (nSPS) is 12.4. The van der Waals surface area contributed by atoms with E-state index in [1.54, 1.807) is 18.3 Å². The molecule has 3 nitrogen and oxygen atoms in total. The van der Waals surface area contributed by atoms with Crippen molar-refractivity contribution >= 4 is 10.9 Å². The summed E-state index contributed by atoms with van der Waals surface area (Å²) < 4.78 is 0. The lowest BCUT2D eigenvalue weighted by Crippen LogP contribution is -2.03. The van der Waals surface area contributed by atoms with Crippen LogP contribution in [0.5, 0.6) is 5.75 Å². The zero-order valence-corrected chi connectivity index (χ0v) is 10.9. The fourth-order valence-corrected chi connectivity index (χ4v) is 2.37. The summed E-state index contributed by atoms with van der Waals surface area (Å²) >= 11 is 0. The summed E-state index contributed by atoms with van der Waals surface area (Å²) in [6, 6.07) is 16.5. The van der Waals surface area contributed by atoms with Crippen molar-refractivity contribution in [2.45, 2.75) is 12.5 Å². The van der Waals surface area contributed by atoms with Gasteiger partial charge in [-0.15, -0.1) is 0 Å². The molecular formula is C17H15NO2. The number of phenols is 1. The van der Waals surface area contributed by atoms with E-state index in [0.29, 0.717) is 6.42 Å². The van der Waals surface area contributed by atoms with Gasteiger partial charge in [0.05, 0.1) is 11.6 Å². The molecule has 2 N–H and O–H groups in total. The topological polar surface area (TPSA) is 53.4 Å². The second-order valence-electron chi connectivity index (χ2n) is 4.80.